The largest absolute Gasteiger partial charge is 0.497 e. The van der Waals surface area contributed by atoms with Gasteiger partial charge in [-0.1, -0.05) is 31.2 Å². The highest BCUT2D eigenvalue weighted by Gasteiger charge is 2.31. The van der Waals surface area contributed by atoms with E-state index in [1.54, 1.807) is 38.3 Å². The molecule has 2 aromatic carbocycles. The Hall–Kier alpha value is -2.74. The van der Waals surface area contributed by atoms with Gasteiger partial charge in [0.25, 0.3) is 0 Å². The zero-order valence-electron chi connectivity index (χ0n) is 17.9. The van der Waals surface area contributed by atoms with E-state index in [1.807, 2.05) is 24.3 Å². The zero-order chi connectivity index (χ0) is 22.1. The maximum absolute atomic E-state index is 12.9. The van der Waals surface area contributed by atoms with Gasteiger partial charge in [0, 0.05) is 12.6 Å². The molecule has 0 aliphatic heterocycles. The van der Waals surface area contributed by atoms with Gasteiger partial charge in [0.2, 0.25) is 15.9 Å². The van der Waals surface area contributed by atoms with Gasteiger partial charge in [-0.2, -0.15) is 0 Å². The van der Waals surface area contributed by atoms with Crippen LogP contribution in [0.4, 0.5) is 5.69 Å². The smallest absolute Gasteiger partial charge is 0.243 e. The number of aryl methyl sites for hydroxylation is 1. The van der Waals surface area contributed by atoms with Crippen molar-refractivity contribution in [3.63, 3.8) is 0 Å². The van der Waals surface area contributed by atoms with Crippen molar-refractivity contribution in [2.75, 3.05) is 31.3 Å². The van der Waals surface area contributed by atoms with E-state index in [9.17, 15) is 13.2 Å². The molecule has 2 aromatic rings. The molecule has 1 N–H and O–H groups in total. The fraction of sp³-hybridized carbons (Fsp3) is 0.409. The fourth-order valence-electron chi connectivity index (χ4n) is 3.33. The van der Waals surface area contributed by atoms with Gasteiger partial charge >= 0.3 is 0 Å². The van der Waals surface area contributed by atoms with Crippen LogP contribution in [0.3, 0.4) is 0 Å². The van der Waals surface area contributed by atoms with Crippen LogP contribution in [0.5, 0.6) is 11.5 Å². The van der Waals surface area contributed by atoms with Crippen LogP contribution < -0.4 is 19.1 Å². The van der Waals surface area contributed by atoms with E-state index in [0.29, 0.717) is 30.8 Å². The molecule has 2 rings (SSSR count). The van der Waals surface area contributed by atoms with Gasteiger partial charge < -0.3 is 14.8 Å². The van der Waals surface area contributed by atoms with Crippen molar-refractivity contribution < 1.29 is 22.7 Å². The highest BCUT2D eigenvalue weighted by molar-refractivity contribution is 7.92. The molecule has 7 nitrogen and oxygen atoms in total. The monoisotopic (exact) mass is 434 g/mol. The number of nitrogens with one attached hydrogen (secondary N) is 1. The standard InChI is InChI=1S/C22H30N2O5S/c1-5-20(24(30(4,26)27)18-12-8-13-19(16-18)28-2)22(25)23-15-9-11-17-10-6-7-14-21(17)29-3/h6-8,10,12-14,16,20H,5,9,11,15H2,1-4H3,(H,23,25). The molecule has 1 unspecified atom stereocenters. The Kier molecular flexibility index (Phi) is 8.53. The quantitative estimate of drug-likeness (QED) is 0.550. The summed E-state index contributed by atoms with van der Waals surface area (Å²) in [6, 6.07) is 13.6. The van der Waals surface area contributed by atoms with Gasteiger partial charge in [-0.15, -0.1) is 0 Å². The van der Waals surface area contributed by atoms with E-state index in [1.165, 1.54) is 7.11 Å². The fourth-order valence-corrected chi connectivity index (χ4v) is 4.53. The van der Waals surface area contributed by atoms with E-state index in [2.05, 4.69) is 5.32 Å². The van der Waals surface area contributed by atoms with E-state index < -0.39 is 16.1 Å². The van der Waals surface area contributed by atoms with Gasteiger partial charge in [0.1, 0.15) is 17.5 Å². The number of anilines is 1. The Morgan fingerprint density at radius 3 is 2.47 bits per heavy atom. The van der Waals surface area contributed by atoms with Gasteiger partial charge in [0.05, 0.1) is 26.2 Å². The third-order valence-electron chi connectivity index (χ3n) is 4.75. The third kappa shape index (κ3) is 6.13. The van der Waals surface area contributed by atoms with Gasteiger partial charge in [-0.3, -0.25) is 9.10 Å². The molecule has 0 aliphatic rings. The Morgan fingerprint density at radius 2 is 1.83 bits per heavy atom. The van der Waals surface area contributed by atoms with Crippen LogP contribution in [-0.4, -0.2) is 47.4 Å². The number of ether oxygens (including phenoxy) is 2. The normalized spacial score (nSPS) is 12.1. The van der Waals surface area contributed by atoms with Crippen molar-refractivity contribution in [1.29, 1.82) is 0 Å². The third-order valence-corrected chi connectivity index (χ3v) is 5.93. The number of hydrogen-bond donors (Lipinski definition) is 1. The minimum absolute atomic E-state index is 0.328. The molecule has 0 saturated carbocycles. The summed E-state index contributed by atoms with van der Waals surface area (Å²) in [7, 11) is -0.542. The van der Waals surface area contributed by atoms with Crippen LogP contribution in [0.15, 0.2) is 48.5 Å². The molecular weight excluding hydrogens is 404 g/mol. The summed E-state index contributed by atoms with van der Waals surface area (Å²) in [4.78, 5) is 12.9. The average molecular weight is 435 g/mol. The van der Waals surface area contributed by atoms with Crippen molar-refractivity contribution in [2.45, 2.75) is 32.2 Å². The lowest BCUT2D eigenvalue weighted by molar-refractivity contribution is -0.122. The maximum Gasteiger partial charge on any atom is 0.243 e. The number of carbonyl (C=O) groups is 1. The summed E-state index contributed by atoms with van der Waals surface area (Å²) >= 11 is 0. The first-order valence-corrected chi connectivity index (χ1v) is 11.7. The molecule has 30 heavy (non-hydrogen) atoms. The molecule has 1 atom stereocenters. The maximum atomic E-state index is 12.9. The molecule has 0 bridgehead atoms. The molecule has 0 fully saturated rings. The summed E-state index contributed by atoms with van der Waals surface area (Å²) in [5.74, 6) is 1.01. The Bertz CT molecular complexity index is 946. The summed E-state index contributed by atoms with van der Waals surface area (Å²) in [5, 5.41) is 2.88. The van der Waals surface area contributed by atoms with Gasteiger partial charge in [-0.05, 0) is 43.0 Å². The minimum Gasteiger partial charge on any atom is -0.497 e. The Balaban J connectivity index is 2.08. The van der Waals surface area contributed by atoms with Crippen molar-refractivity contribution >= 4 is 21.6 Å². The second-order valence-electron chi connectivity index (χ2n) is 6.89. The average Bonchev–Trinajstić information content (AvgIpc) is 2.74. The van der Waals surface area contributed by atoms with Crippen molar-refractivity contribution in [2.24, 2.45) is 0 Å². The number of para-hydroxylation sites is 1. The second-order valence-corrected chi connectivity index (χ2v) is 8.75. The lowest BCUT2D eigenvalue weighted by Gasteiger charge is -2.30. The Morgan fingerprint density at radius 1 is 1.10 bits per heavy atom. The summed E-state index contributed by atoms with van der Waals surface area (Å²) in [6.07, 6.45) is 2.89. The summed E-state index contributed by atoms with van der Waals surface area (Å²) in [5.41, 5.74) is 1.46. The summed E-state index contributed by atoms with van der Waals surface area (Å²) in [6.45, 7) is 2.22. The SMILES string of the molecule is CCC(C(=O)NCCCc1ccccc1OC)N(c1cccc(OC)c1)S(C)(=O)=O. The second kappa shape index (κ2) is 10.9. The highest BCUT2D eigenvalue weighted by atomic mass is 32.2. The molecular formula is C22H30N2O5S. The Labute approximate surface area is 179 Å². The van der Waals surface area contributed by atoms with E-state index in [4.69, 9.17) is 9.47 Å². The molecule has 1 amide bonds. The van der Waals surface area contributed by atoms with Crippen LogP contribution in [-0.2, 0) is 21.2 Å². The first-order valence-electron chi connectivity index (χ1n) is 9.84. The predicted molar refractivity (Wildman–Crippen MR) is 119 cm³/mol. The van der Waals surface area contributed by atoms with Crippen LogP contribution in [0.25, 0.3) is 0 Å². The number of amides is 1. The number of carbonyl (C=O) groups excluding carboxylic acids is 1. The number of sulfonamides is 1. The van der Waals surface area contributed by atoms with Crippen molar-refractivity contribution in [3.8, 4) is 11.5 Å². The number of nitrogens with zero attached hydrogens (tertiary/aromatic N) is 1. The minimum atomic E-state index is -3.68. The lowest BCUT2D eigenvalue weighted by atomic mass is 10.1. The number of rotatable bonds is 11. The van der Waals surface area contributed by atoms with Crippen molar-refractivity contribution in [3.05, 3.63) is 54.1 Å². The van der Waals surface area contributed by atoms with Crippen LogP contribution in [0.1, 0.15) is 25.3 Å². The molecule has 0 heterocycles. The molecule has 0 spiro atoms. The molecule has 0 aromatic heterocycles. The van der Waals surface area contributed by atoms with Crippen molar-refractivity contribution in [1.82, 2.24) is 5.32 Å². The van der Waals surface area contributed by atoms with Crippen LogP contribution >= 0.6 is 0 Å². The molecule has 0 aliphatic carbocycles. The predicted octanol–water partition coefficient (Wildman–Crippen LogP) is 3.00. The van der Waals surface area contributed by atoms with Gasteiger partial charge in [-0.25, -0.2) is 8.42 Å². The summed E-state index contributed by atoms with van der Waals surface area (Å²) < 4.78 is 36.7. The number of methoxy groups -OCH3 is 2. The first kappa shape index (κ1) is 23.5. The molecule has 164 valence electrons. The van der Waals surface area contributed by atoms with Crippen LogP contribution in [0, 0.1) is 0 Å². The molecule has 0 radical (unpaired) electrons. The van der Waals surface area contributed by atoms with Gasteiger partial charge in [0.15, 0.2) is 0 Å². The van der Waals surface area contributed by atoms with Crippen LogP contribution in [0.2, 0.25) is 0 Å². The highest BCUT2D eigenvalue weighted by Crippen LogP contribution is 2.26. The first-order chi connectivity index (χ1) is 14.3. The molecule has 0 saturated heterocycles. The topological polar surface area (TPSA) is 84.9 Å². The lowest BCUT2D eigenvalue weighted by Crippen LogP contribution is -2.49. The van der Waals surface area contributed by atoms with E-state index >= 15 is 0 Å². The number of benzene rings is 2. The number of hydrogen-bond acceptors (Lipinski definition) is 5. The van der Waals surface area contributed by atoms with E-state index in [-0.39, 0.29) is 5.91 Å². The van der Waals surface area contributed by atoms with E-state index in [0.717, 1.165) is 28.3 Å². The molecule has 8 heteroatoms. The zero-order valence-corrected chi connectivity index (χ0v) is 18.7.